The number of rotatable bonds is 16. The minimum atomic E-state index is -3.80. The van der Waals surface area contributed by atoms with Gasteiger partial charge >= 0.3 is 170 Å². The monoisotopic (exact) mass is 434 g/mol. The molecule has 0 heterocycles. The second-order valence-corrected chi connectivity index (χ2v) is 7.92. The molecule has 0 aromatic carbocycles. The Kier molecular flexibility index (Phi) is 12.9. The van der Waals surface area contributed by atoms with Gasteiger partial charge in [0.15, 0.2) is 0 Å². The van der Waals surface area contributed by atoms with Gasteiger partial charge in [-0.25, -0.2) is 0 Å². The normalized spacial score (nSPS) is 12.7. The molecule has 0 bridgehead atoms. The Bertz CT molecular complexity index is 599. The first-order valence-corrected chi connectivity index (χ1v) is 10.9. The van der Waals surface area contributed by atoms with Crippen molar-refractivity contribution in [1.82, 2.24) is 0 Å². The van der Waals surface area contributed by atoms with E-state index in [1.54, 1.807) is 13.8 Å². The molecule has 0 aliphatic carbocycles. The van der Waals surface area contributed by atoms with Crippen molar-refractivity contribution in [3.05, 3.63) is 0 Å². The Labute approximate surface area is 170 Å². The average Bonchev–Trinajstić information content (AvgIpc) is 2.58. The van der Waals surface area contributed by atoms with Gasteiger partial charge in [0, 0.05) is 0 Å². The molecule has 0 radical (unpaired) electrons. The molecule has 0 N–H and O–H groups in total. The fourth-order valence-electron chi connectivity index (χ4n) is 2.13. The molecule has 156 valence electrons. The molecule has 0 saturated carbocycles. The predicted octanol–water partition coefficient (Wildman–Crippen LogP) is 1.39. The van der Waals surface area contributed by atoms with Crippen molar-refractivity contribution < 1.29 is 57.3 Å². The maximum atomic E-state index is 12.1. The van der Waals surface area contributed by atoms with Crippen molar-refractivity contribution in [2.45, 2.75) is 78.4 Å². The predicted molar refractivity (Wildman–Crippen MR) is 90.9 cm³/mol. The molecule has 10 heteroatoms. The van der Waals surface area contributed by atoms with E-state index in [2.05, 4.69) is 0 Å². The van der Waals surface area contributed by atoms with Gasteiger partial charge in [0.1, 0.15) is 0 Å². The molecule has 0 amide bonds. The first-order chi connectivity index (χ1) is 13.0. The second-order valence-electron chi connectivity index (χ2n) is 6.40. The number of hydrogen-bond acceptors (Lipinski definition) is 9. The second kappa shape index (κ2) is 13.6. The minimum absolute atomic E-state index is 0.286. The molecule has 0 saturated heterocycles. The van der Waals surface area contributed by atoms with Crippen LogP contribution < -0.4 is 0 Å². The van der Waals surface area contributed by atoms with Crippen molar-refractivity contribution in [3.63, 3.8) is 0 Å². The third-order valence-electron chi connectivity index (χ3n) is 3.70. The summed E-state index contributed by atoms with van der Waals surface area (Å²) >= 11 is -3.80. The van der Waals surface area contributed by atoms with Crippen molar-refractivity contribution in [2.24, 2.45) is 0 Å². The van der Waals surface area contributed by atoms with E-state index in [1.165, 1.54) is 13.8 Å². The van der Waals surface area contributed by atoms with Crippen LogP contribution >= 0.6 is 0 Å². The molecule has 28 heavy (non-hydrogen) atoms. The summed E-state index contributed by atoms with van der Waals surface area (Å²) in [5.41, 5.74) is 0. The summed E-state index contributed by atoms with van der Waals surface area (Å²) in [7, 11) is 0. The molecular formula is C18H26O9Ti. The molecule has 0 aliphatic heterocycles. The Morgan fingerprint density at radius 3 is 1.25 bits per heavy atom. The van der Waals surface area contributed by atoms with Gasteiger partial charge in [-0.1, -0.05) is 0 Å². The third kappa shape index (κ3) is 11.3. The van der Waals surface area contributed by atoms with Crippen molar-refractivity contribution in [2.75, 3.05) is 0 Å². The van der Waals surface area contributed by atoms with Crippen LogP contribution in [0.25, 0.3) is 0 Å². The van der Waals surface area contributed by atoms with Gasteiger partial charge in [0.05, 0.1) is 0 Å². The molecule has 2 atom stereocenters. The number of carbonyl (C=O) groups excluding carboxylic acids is 6. The van der Waals surface area contributed by atoms with E-state index in [4.69, 9.17) is 6.64 Å². The molecule has 0 aromatic heterocycles. The molecular weight excluding hydrogens is 408 g/mol. The Morgan fingerprint density at radius 1 is 0.679 bits per heavy atom. The van der Waals surface area contributed by atoms with E-state index in [0.717, 1.165) is 0 Å². The Hall–Kier alpha value is -1.55. The van der Waals surface area contributed by atoms with Crippen LogP contribution in [-0.4, -0.2) is 46.9 Å². The van der Waals surface area contributed by atoms with Crippen LogP contribution in [0.2, 0.25) is 0 Å². The first-order valence-electron chi connectivity index (χ1n) is 8.98. The standard InChI is InChI=1S/2C9H13O4.O.Ti/c2*1-3-7(11)5-9(13)8(12)4-6(2)10;;/h2*7H,3-5H2,1-2H3;;/q2*-1;;+2. The quantitative estimate of drug-likeness (QED) is 0.200. The van der Waals surface area contributed by atoms with Crippen molar-refractivity contribution >= 4 is 34.7 Å². The van der Waals surface area contributed by atoms with Crippen molar-refractivity contribution in [3.8, 4) is 0 Å². The summed E-state index contributed by atoms with van der Waals surface area (Å²) in [6.45, 7) is 5.73. The van der Waals surface area contributed by atoms with Crippen LogP contribution in [0.1, 0.15) is 66.2 Å². The van der Waals surface area contributed by atoms with Gasteiger partial charge in [-0.3, -0.25) is 0 Å². The van der Waals surface area contributed by atoms with Crippen LogP contribution in [-0.2, 0) is 57.3 Å². The number of Topliss-reactive ketones (excluding diaryl/α,β-unsaturated/α-hetero) is 6. The van der Waals surface area contributed by atoms with Crippen molar-refractivity contribution in [1.29, 1.82) is 0 Å². The van der Waals surface area contributed by atoms with E-state index in [-0.39, 0.29) is 25.7 Å². The van der Waals surface area contributed by atoms with E-state index < -0.39 is 78.4 Å². The maximum absolute atomic E-state index is 12.1. The van der Waals surface area contributed by atoms with E-state index in [9.17, 15) is 32.1 Å². The molecule has 2 unspecified atom stereocenters. The van der Waals surface area contributed by atoms with E-state index in [1.807, 2.05) is 0 Å². The zero-order valence-electron chi connectivity index (χ0n) is 16.6. The fraction of sp³-hybridized carbons (Fsp3) is 0.667. The van der Waals surface area contributed by atoms with Crippen LogP contribution in [0.3, 0.4) is 0 Å². The Balaban J connectivity index is 4.67. The van der Waals surface area contributed by atoms with E-state index in [0.29, 0.717) is 0 Å². The zero-order chi connectivity index (χ0) is 21.9. The third-order valence-corrected chi connectivity index (χ3v) is 5.35. The Morgan fingerprint density at radius 2 is 1.00 bits per heavy atom. The molecule has 9 nitrogen and oxygen atoms in total. The van der Waals surface area contributed by atoms with Crippen LogP contribution in [0, 0.1) is 0 Å². The zero-order valence-corrected chi connectivity index (χ0v) is 18.1. The van der Waals surface area contributed by atoms with Crippen LogP contribution in [0.15, 0.2) is 0 Å². The number of ketones is 6. The van der Waals surface area contributed by atoms with Gasteiger partial charge < -0.3 is 0 Å². The average molecular weight is 434 g/mol. The summed E-state index contributed by atoms with van der Waals surface area (Å²) in [6, 6.07) is 0. The van der Waals surface area contributed by atoms with Crippen LogP contribution in [0.4, 0.5) is 0 Å². The topological polar surface area (TPSA) is 138 Å². The molecule has 0 aliphatic rings. The number of carbonyl (C=O) groups is 6. The van der Waals surface area contributed by atoms with Gasteiger partial charge in [-0.05, 0) is 0 Å². The molecule has 0 rings (SSSR count). The SMILES string of the molecule is CCC(CC(=O)C(=O)CC(C)=O)[O][Ti](=[O])[O]C(CC)CC(=O)C(=O)CC(C)=O. The van der Waals surface area contributed by atoms with Crippen LogP contribution in [0.5, 0.6) is 0 Å². The van der Waals surface area contributed by atoms with Gasteiger partial charge in [-0.15, -0.1) is 0 Å². The fourth-order valence-corrected chi connectivity index (χ4v) is 3.85. The summed E-state index contributed by atoms with van der Waals surface area (Å²) in [4.78, 5) is 68.5. The summed E-state index contributed by atoms with van der Waals surface area (Å²) in [6.07, 6.45) is -2.68. The summed E-state index contributed by atoms with van der Waals surface area (Å²) < 4.78 is 22.6. The van der Waals surface area contributed by atoms with Gasteiger partial charge in [0.2, 0.25) is 0 Å². The molecule has 0 fully saturated rings. The summed E-state index contributed by atoms with van der Waals surface area (Å²) in [5, 5.41) is 0. The molecule has 0 spiro atoms. The van der Waals surface area contributed by atoms with E-state index >= 15 is 0 Å². The molecule has 0 aromatic rings. The van der Waals surface area contributed by atoms with Gasteiger partial charge in [-0.2, -0.15) is 0 Å². The number of hydrogen-bond donors (Lipinski definition) is 0. The first kappa shape index (κ1) is 26.5. The van der Waals surface area contributed by atoms with Gasteiger partial charge in [0.25, 0.3) is 0 Å². The summed E-state index contributed by atoms with van der Waals surface area (Å²) in [5.74, 6) is -4.09.